The molecule has 1 aromatic carbocycles. The minimum Gasteiger partial charge on any atom is -0.494 e. The van der Waals surface area contributed by atoms with Crippen molar-refractivity contribution >= 4 is 5.95 Å². The third-order valence-corrected chi connectivity index (χ3v) is 2.86. The van der Waals surface area contributed by atoms with Gasteiger partial charge in [0.05, 0.1) is 18.5 Å². The molecule has 1 heterocycles. The number of rotatable bonds is 3. The van der Waals surface area contributed by atoms with Gasteiger partial charge in [0.1, 0.15) is 5.75 Å². The maximum absolute atomic E-state index is 5.65. The fourth-order valence-corrected chi connectivity index (χ4v) is 1.91. The molecule has 0 aliphatic heterocycles. The van der Waals surface area contributed by atoms with Gasteiger partial charge in [0, 0.05) is 5.56 Å². The number of anilines is 1. The highest BCUT2D eigenvalue weighted by atomic mass is 16.5. The van der Waals surface area contributed by atoms with Gasteiger partial charge in [0.25, 0.3) is 0 Å². The molecule has 4 N–H and O–H groups in total. The molecule has 2 aromatic rings. The minimum absolute atomic E-state index is 0.302. The summed E-state index contributed by atoms with van der Waals surface area (Å²) in [6, 6.07) is 4.06. The molecule has 1 aromatic heterocycles. The number of nitrogens with two attached hydrogens (primary N) is 2. The van der Waals surface area contributed by atoms with Crippen LogP contribution in [-0.2, 0) is 0 Å². The molecule has 0 unspecified atom stereocenters. The molecule has 18 heavy (non-hydrogen) atoms. The Bertz CT molecular complexity index is 555. The molecule has 0 amide bonds. The van der Waals surface area contributed by atoms with Gasteiger partial charge in [0.2, 0.25) is 5.95 Å². The van der Waals surface area contributed by atoms with E-state index in [0.717, 1.165) is 28.1 Å². The molecular formula is C13H18N4O. The van der Waals surface area contributed by atoms with Crippen LogP contribution in [0.5, 0.6) is 5.75 Å². The first-order valence-corrected chi connectivity index (χ1v) is 5.87. The second-order valence-corrected chi connectivity index (χ2v) is 4.26. The molecule has 5 heteroatoms. The number of hydrogen-bond acceptors (Lipinski definition) is 4. The summed E-state index contributed by atoms with van der Waals surface area (Å²) < 4.78 is 6.88. The monoisotopic (exact) mass is 246 g/mol. The molecule has 96 valence electrons. The Morgan fingerprint density at radius 1 is 1.28 bits per heavy atom. The Labute approximate surface area is 106 Å². The van der Waals surface area contributed by atoms with Crippen molar-refractivity contribution in [3.05, 3.63) is 29.5 Å². The Morgan fingerprint density at radius 2 is 2.00 bits per heavy atom. The van der Waals surface area contributed by atoms with Gasteiger partial charge < -0.3 is 16.3 Å². The molecule has 0 fully saturated rings. The van der Waals surface area contributed by atoms with E-state index in [1.54, 1.807) is 6.20 Å². The standard InChI is InChI=1S/C13H18N4O/c1-4-18-12-6-8(2)10(5-9(12)3)11-7-17(15)13(14)16-11/h5-7H,4,15H2,1-3H3,(H2,14,16). The highest BCUT2D eigenvalue weighted by Crippen LogP contribution is 2.29. The van der Waals surface area contributed by atoms with Crippen molar-refractivity contribution in [3.63, 3.8) is 0 Å². The van der Waals surface area contributed by atoms with Gasteiger partial charge in [-0.25, -0.2) is 9.66 Å². The van der Waals surface area contributed by atoms with Crippen LogP contribution in [0.25, 0.3) is 11.3 Å². The lowest BCUT2D eigenvalue weighted by Gasteiger charge is -2.11. The first-order valence-electron chi connectivity index (χ1n) is 5.87. The molecule has 5 nitrogen and oxygen atoms in total. The fraction of sp³-hybridized carbons (Fsp3) is 0.308. The fourth-order valence-electron chi connectivity index (χ4n) is 1.91. The van der Waals surface area contributed by atoms with Crippen molar-refractivity contribution in [2.75, 3.05) is 18.2 Å². The summed E-state index contributed by atoms with van der Waals surface area (Å²) in [5.41, 5.74) is 9.60. The van der Waals surface area contributed by atoms with E-state index in [1.807, 2.05) is 32.9 Å². The molecule has 0 spiro atoms. The summed E-state index contributed by atoms with van der Waals surface area (Å²) in [6.07, 6.45) is 1.72. The SMILES string of the molecule is CCOc1cc(C)c(-c2cn(N)c(N)n2)cc1C. The van der Waals surface area contributed by atoms with Crippen molar-refractivity contribution in [3.8, 4) is 17.0 Å². The summed E-state index contributed by atoms with van der Waals surface area (Å²) in [7, 11) is 0. The van der Waals surface area contributed by atoms with E-state index in [0.29, 0.717) is 12.6 Å². The minimum atomic E-state index is 0.302. The Hall–Kier alpha value is -2.17. The smallest absolute Gasteiger partial charge is 0.219 e. The quantitative estimate of drug-likeness (QED) is 0.810. The topological polar surface area (TPSA) is 79.1 Å². The van der Waals surface area contributed by atoms with Crippen molar-refractivity contribution in [2.24, 2.45) is 0 Å². The number of imidazole rings is 1. The maximum Gasteiger partial charge on any atom is 0.219 e. The number of nitrogens with zero attached hydrogens (tertiary/aromatic N) is 2. The van der Waals surface area contributed by atoms with Crippen LogP contribution in [0.4, 0.5) is 5.95 Å². The van der Waals surface area contributed by atoms with E-state index in [1.165, 1.54) is 4.68 Å². The highest BCUT2D eigenvalue weighted by molar-refractivity contribution is 5.67. The molecule has 0 radical (unpaired) electrons. The first-order chi connectivity index (χ1) is 8.52. The van der Waals surface area contributed by atoms with Gasteiger partial charge in [-0.2, -0.15) is 0 Å². The van der Waals surface area contributed by atoms with Crippen LogP contribution in [0.2, 0.25) is 0 Å². The van der Waals surface area contributed by atoms with Crippen LogP contribution in [0, 0.1) is 13.8 Å². The van der Waals surface area contributed by atoms with Crippen LogP contribution >= 0.6 is 0 Å². The third kappa shape index (κ3) is 2.11. The molecule has 0 aliphatic carbocycles. The normalized spacial score (nSPS) is 10.6. The predicted molar refractivity (Wildman–Crippen MR) is 72.9 cm³/mol. The number of ether oxygens (including phenoxy) is 1. The van der Waals surface area contributed by atoms with Crippen LogP contribution in [-0.4, -0.2) is 16.3 Å². The van der Waals surface area contributed by atoms with Gasteiger partial charge in [-0.3, -0.25) is 0 Å². The number of aryl methyl sites for hydroxylation is 2. The van der Waals surface area contributed by atoms with Gasteiger partial charge in [-0.05, 0) is 44.0 Å². The molecule has 0 bridgehead atoms. The van der Waals surface area contributed by atoms with E-state index in [2.05, 4.69) is 4.98 Å². The molecule has 2 rings (SSSR count). The van der Waals surface area contributed by atoms with Crippen LogP contribution < -0.4 is 16.3 Å². The number of nitrogen functional groups attached to an aromatic ring is 2. The van der Waals surface area contributed by atoms with Crippen molar-refractivity contribution < 1.29 is 4.74 Å². The molecular weight excluding hydrogens is 228 g/mol. The van der Waals surface area contributed by atoms with E-state index in [9.17, 15) is 0 Å². The Balaban J connectivity index is 2.49. The molecule has 0 aliphatic rings. The van der Waals surface area contributed by atoms with Crippen LogP contribution in [0.1, 0.15) is 18.1 Å². The zero-order valence-electron chi connectivity index (χ0n) is 10.9. The van der Waals surface area contributed by atoms with Gasteiger partial charge >= 0.3 is 0 Å². The van der Waals surface area contributed by atoms with Gasteiger partial charge in [-0.1, -0.05) is 0 Å². The zero-order valence-corrected chi connectivity index (χ0v) is 10.9. The lowest BCUT2D eigenvalue weighted by Crippen LogP contribution is -2.09. The molecule has 0 saturated heterocycles. The molecule has 0 atom stereocenters. The zero-order chi connectivity index (χ0) is 13.3. The Morgan fingerprint density at radius 3 is 2.56 bits per heavy atom. The molecule has 0 saturated carbocycles. The average Bonchev–Trinajstić information content (AvgIpc) is 2.64. The number of hydrogen-bond donors (Lipinski definition) is 2. The first kappa shape index (κ1) is 12.3. The van der Waals surface area contributed by atoms with Crippen molar-refractivity contribution in [2.45, 2.75) is 20.8 Å². The second kappa shape index (κ2) is 4.60. The lowest BCUT2D eigenvalue weighted by molar-refractivity contribution is 0.337. The van der Waals surface area contributed by atoms with Gasteiger partial charge in [0.15, 0.2) is 0 Å². The van der Waals surface area contributed by atoms with Crippen LogP contribution in [0.15, 0.2) is 18.3 Å². The number of benzene rings is 1. The summed E-state index contributed by atoms with van der Waals surface area (Å²) in [4.78, 5) is 4.23. The average molecular weight is 246 g/mol. The van der Waals surface area contributed by atoms with E-state index >= 15 is 0 Å². The lowest BCUT2D eigenvalue weighted by atomic mass is 10.0. The highest BCUT2D eigenvalue weighted by Gasteiger charge is 2.11. The van der Waals surface area contributed by atoms with Crippen molar-refractivity contribution in [1.82, 2.24) is 9.66 Å². The van der Waals surface area contributed by atoms with Gasteiger partial charge in [-0.15, -0.1) is 0 Å². The third-order valence-electron chi connectivity index (χ3n) is 2.86. The van der Waals surface area contributed by atoms with Crippen LogP contribution in [0.3, 0.4) is 0 Å². The van der Waals surface area contributed by atoms with Crippen molar-refractivity contribution in [1.29, 1.82) is 0 Å². The summed E-state index contributed by atoms with van der Waals surface area (Å²) in [5.74, 6) is 6.85. The van der Waals surface area contributed by atoms with E-state index in [4.69, 9.17) is 16.3 Å². The summed E-state index contributed by atoms with van der Waals surface area (Å²) in [6.45, 7) is 6.66. The summed E-state index contributed by atoms with van der Waals surface area (Å²) in [5, 5.41) is 0. The summed E-state index contributed by atoms with van der Waals surface area (Å²) >= 11 is 0. The Kier molecular flexibility index (Phi) is 3.14. The number of aromatic nitrogens is 2. The van der Waals surface area contributed by atoms with E-state index < -0.39 is 0 Å². The second-order valence-electron chi connectivity index (χ2n) is 4.26. The predicted octanol–water partition coefficient (Wildman–Crippen LogP) is 1.86. The maximum atomic E-state index is 5.65. The van der Waals surface area contributed by atoms with E-state index in [-0.39, 0.29) is 0 Å². The largest absolute Gasteiger partial charge is 0.494 e.